The van der Waals surface area contributed by atoms with Gasteiger partial charge < -0.3 is 4.74 Å². The fourth-order valence-electron chi connectivity index (χ4n) is 2.13. The molecular weight excluding hydrogens is 304 g/mol. The van der Waals surface area contributed by atoms with E-state index >= 15 is 0 Å². The number of aryl methyl sites for hydroxylation is 1. The maximum atomic E-state index is 6.31. The summed E-state index contributed by atoms with van der Waals surface area (Å²) in [4.78, 5) is 11.3. The molecule has 5 heteroatoms. The van der Waals surface area contributed by atoms with Crippen LogP contribution in [0.4, 0.5) is 0 Å². The molecule has 0 saturated carbocycles. The summed E-state index contributed by atoms with van der Waals surface area (Å²) in [5.41, 5.74) is 0.913. The van der Waals surface area contributed by atoms with E-state index in [0.29, 0.717) is 17.6 Å². The minimum atomic E-state index is 0.507. The van der Waals surface area contributed by atoms with Crippen LogP contribution in [0, 0.1) is 0 Å². The number of hydrogen-bond acceptors (Lipinski definition) is 4. The number of fused-ring (bicyclic) bond motifs is 1. The van der Waals surface area contributed by atoms with Gasteiger partial charge in [0, 0.05) is 15.8 Å². The van der Waals surface area contributed by atoms with Gasteiger partial charge in [-0.3, -0.25) is 0 Å². The largest absolute Gasteiger partial charge is 0.494 e. The average Bonchev–Trinajstić information content (AvgIpc) is 2.92. The van der Waals surface area contributed by atoms with E-state index in [9.17, 15) is 0 Å². The van der Waals surface area contributed by atoms with Gasteiger partial charge in [-0.25, -0.2) is 9.97 Å². The first kappa shape index (κ1) is 14.3. The van der Waals surface area contributed by atoms with Crippen molar-refractivity contribution in [2.75, 3.05) is 6.61 Å². The molecular formula is C16H15ClN2OS. The Bertz CT molecular complexity index is 785. The minimum Gasteiger partial charge on any atom is -0.494 e. The lowest BCUT2D eigenvalue weighted by Crippen LogP contribution is -1.93. The second-order valence-corrected chi connectivity index (χ2v) is 6.06. The second kappa shape index (κ2) is 6.00. The van der Waals surface area contributed by atoms with Gasteiger partial charge >= 0.3 is 0 Å². The quantitative estimate of drug-likeness (QED) is 0.637. The molecule has 0 fully saturated rings. The van der Waals surface area contributed by atoms with Crippen LogP contribution in [-0.4, -0.2) is 16.6 Å². The van der Waals surface area contributed by atoms with Crippen LogP contribution >= 0.6 is 22.9 Å². The molecule has 2 heterocycles. The number of aromatic nitrogens is 2. The zero-order chi connectivity index (χ0) is 14.8. The monoisotopic (exact) mass is 318 g/mol. The van der Waals surface area contributed by atoms with Crippen molar-refractivity contribution in [2.45, 2.75) is 20.3 Å². The predicted molar refractivity (Wildman–Crippen MR) is 88.4 cm³/mol. The molecule has 0 aliphatic heterocycles. The Morgan fingerprint density at radius 2 is 2.05 bits per heavy atom. The number of thiophene rings is 1. The molecule has 108 valence electrons. The highest BCUT2D eigenvalue weighted by Gasteiger charge is 2.11. The summed E-state index contributed by atoms with van der Waals surface area (Å²) < 4.78 is 5.52. The van der Waals surface area contributed by atoms with E-state index in [-0.39, 0.29) is 0 Å². The summed E-state index contributed by atoms with van der Waals surface area (Å²) >= 11 is 7.98. The molecule has 0 radical (unpaired) electrons. The van der Waals surface area contributed by atoms with Gasteiger partial charge in [-0.1, -0.05) is 30.7 Å². The van der Waals surface area contributed by atoms with Crippen molar-refractivity contribution in [3.8, 4) is 17.1 Å². The summed E-state index contributed by atoms with van der Waals surface area (Å²) in [6, 6.07) is 9.84. The first-order valence-electron chi connectivity index (χ1n) is 6.90. The Morgan fingerprint density at radius 1 is 1.19 bits per heavy atom. The van der Waals surface area contributed by atoms with Crippen molar-refractivity contribution >= 4 is 33.2 Å². The third-order valence-corrected chi connectivity index (χ3v) is 4.61. The fourth-order valence-corrected chi connectivity index (χ4v) is 3.38. The first-order valence-corrected chi connectivity index (χ1v) is 8.10. The van der Waals surface area contributed by atoms with Crippen LogP contribution in [0.3, 0.4) is 0 Å². The van der Waals surface area contributed by atoms with Crippen molar-refractivity contribution in [1.29, 1.82) is 0 Å². The first-order chi connectivity index (χ1) is 10.2. The van der Waals surface area contributed by atoms with Gasteiger partial charge in [0.25, 0.3) is 0 Å². The Morgan fingerprint density at radius 3 is 2.81 bits per heavy atom. The number of ether oxygens (including phenoxy) is 1. The molecule has 0 unspecified atom stereocenters. The maximum absolute atomic E-state index is 6.31. The Labute approximate surface area is 132 Å². The molecule has 0 spiro atoms. The van der Waals surface area contributed by atoms with Crippen molar-refractivity contribution in [2.24, 2.45) is 0 Å². The van der Waals surface area contributed by atoms with Gasteiger partial charge in [0.2, 0.25) is 0 Å². The molecule has 1 aromatic carbocycles. The molecule has 0 aliphatic rings. The number of rotatable bonds is 4. The highest BCUT2D eigenvalue weighted by atomic mass is 35.5. The second-order valence-electron chi connectivity index (χ2n) is 4.58. The van der Waals surface area contributed by atoms with Gasteiger partial charge in [0.05, 0.1) is 6.61 Å². The van der Waals surface area contributed by atoms with Gasteiger partial charge in [-0.15, -0.1) is 11.3 Å². The highest BCUT2D eigenvalue weighted by Crippen LogP contribution is 2.32. The standard InChI is InChI=1S/C16H15ClN2OS/c1-3-12-9-13-14(17)18-15(19-16(13)21-12)10-6-5-7-11(8-10)20-4-2/h5-9H,3-4H2,1-2H3. The topological polar surface area (TPSA) is 35.0 Å². The highest BCUT2D eigenvalue weighted by molar-refractivity contribution is 7.18. The van der Waals surface area contributed by atoms with Gasteiger partial charge in [-0.05, 0) is 31.5 Å². The van der Waals surface area contributed by atoms with E-state index in [1.165, 1.54) is 4.88 Å². The van der Waals surface area contributed by atoms with Crippen LogP contribution in [0.25, 0.3) is 21.6 Å². The van der Waals surface area contributed by atoms with E-state index in [4.69, 9.17) is 16.3 Å². The predicted octanol–water partition coefficient (Wildman–Crippen LogP) is 4.97. The zero-order valence-corrected chi connectivity index (χ0v) is 13.5. The van der Waals surface area contributed by atoms with Crippen molar-refractivity contribution in [3.05, 3.63) is 40.4 Å². The van der Waals surface area contributed by atoms with E-state index in [1.54, 1.807) is 11.3 Å². The molecule has 0 aliphatic carbocycles. The van der Waals surface area contributed by atoms with Crippen LogP contribution < -0.4 is 4.74 Å². The number of hydrogen-bond donors (Lipinski definition) is 0. The van der Waals surface area contributed by atoms with Crippen LogP contribution in [0.2, 0.25) is 5.15 Å². The smallest absolute Gasteiger partial charge is 0.162 e. The third kappa shape index (κ3) is 2.87. The van der Waals surface area contributed by atoms with E-state index in [1.807, 2.05) is 31.2 Å². The summed E-state index contributed by atoms with van der Waals surface area (Å²) in [5.74, 6) is 1.45. The lowest BCUT2D eigenvalue weighted by molar-refractivity contribution is 0.340. The van der Waals surface area contributed by atoms with Crippen LogP contribution in [0.1, 0.15) is 18.7 Å². The van der Waals surface area contributed by atoms with Crippen molar-refractivity contribution in [1.82, 2.24) is 9.97 Å². The molecule has 0 saturated heterocycles. The molecule has 0 bridgehead atoms. The van der Waals surface area contributed by atoms with Crippen LogP contribution in [0.5, 0.6) is 5.75 Å². The van der Waals surface area contributed by atoms with E-state index < -0.39 is 0 Å². The van der Waals surface area contributed by atoms with Crippen molar-refractivity contribution < 1.29 is 4.74 Å². The Balaban J connectivity index is 2.09. The summed E-state index contributed by atoms with van der Waals surface area (Å²) in [6.07, 6.45) is 0.979. The molecule has 21 heavy (non-hydrogen) atoms. The lowest BCUT2D eigenvalue weighted by atomic mass is 10.2. The van der Waals surface area contributed by atoms with E-state index in [0.717, 1.165) is 28.0 Å². The molecule has 3 nitrogen and oxygen atoms in total. The fraction of sp³-hybridized carbons (Fsp3) is 0.250. The molecule has 0 atom stereocenters. The van der Waals surface area contributed by atoms with Crippen LogP contribution in [0.15, 0.2) is 30.3 Å². The average molecular weight is 319 g/mol. The van der Waals surface area contributed by atoms with Gasteiger partial charge in [-0.2, -0.15) is 0 Å². The molecule has 3 rings (SSSR count). The Hall–Kier alpha value is -1.65. The van der Waals surface area contributed by atoms with Crippen molar-refractivity contribution in [3.63, 3.8) is 0 Å². The number of benzene rings is 1. The van der Waals surface area contributed by atoms with E-state index in [2.05, 4.69) is 23.0 Å². The minimum absolute atomic E-state index is 0.507. The van der Waals surface area contributed by atoms with Gasteiger partial charge in [0.15, 0.2) is 5.82 Å². The third-order valence-electron chi connectivity index (χ3n) is 3.15. The lowest BCUT2D eigenvalue weighted by Gasteiger charge is -2.05. The van der Waals surface area contributed by atoms with Crippen LogP contribution in [-0.2, 0) is 6.42 Å². The maximum Gasteiger partial charge on any atom is 0.162 e. The Kier molecular flexibility index (Phi) is 4.08. The zero-order valence-electron chi connectivity index (χ0n) is 11.9. The number of nitrogens with zero attached hydrogens (tertiary/aromatic N) is 2. The number of halogens is 1. The van der Waals surface area contributed by atoms with Gasteiger partial charge in [0.1, 0.15) is 15.7 Å². The molecule has 3 aromatic rings. The summed E-state index contributed by atoms with van der Waals surface area (Å²) in [5, 5.41) is 1.44. The molecule has 0 N–H and O–H groups in total. The SMILES string of the molecule is CCOc1cccc(-c2nc(Cl)c3cc(CC)sc3n2)c1. The molecule has 0 amide bonds. The normalized spacial score (nSPS) is 11.0. The summed E-state index contributed by atoms with van der Waals surface area (Å²) in [7, 11) is 0. The molecule has 2 aromatic heterocycles. The summed E-state index contributed by atoms with van der Waals surface area (Å²) in [6.45, 7) is 4.72.